The van der Waals surface area contributed by atoms with Crippen molar-refractivity contribution in [2.24, 2.45) is 7.05 Å². The Morgan fingerprint density at radius 2 is 1.90 bits per heavy atom. The number of hydrogen-bond donors (Lipinski definition) is 0. The van der Waals surface area contributed by atoms with Gasteiger partial charge in [0.1, 0.15) is 0 Å². The van der Waals surface area contributed by atoms with Gasteiger partial charge in [-0.2, -0.15) is 4.98 Å². The summed E-state index contributed by atoms with van der Waals surface area (Å²) in [6.07, 6.45) is 5.17. The maximum atomic E-state index is 5.31. The van der Waals surface area contributed by atoms with Crippen LogP contribution in [0.3, 0.4) is 0 Å². The molecule has 0 unspecified atom stereocenters. The SMILES string of the molecule is Cn1cnc2cc(-c3noc(-c4ccncc4)n3)ccc21. The van der Waals surface area contributed by atoms with Gasteiger partial charge in [-0.1, -0.05) is 5.16 Å². The third kappa shape index (κ3) is 1.97. The van der Waals surface area contributed by atoms with Gasteiger partial charge in [0.05, 0.1) is 17.4 Å². The summed E-state index contributed by atoms with van der Waals surface area (Å²) >= 11 is 0. The molecule has 4 aromatic rings. The third-order valence-corrected chi connectivity index (χ3v) is 3.34. The summed E-state index contributed by atoms with van der Waals surface area (Å²) in [5.41, 5.74) is 3.70. The second kappa shape index (κ2) is 4.52. The molecule has 0 atom stereocenters. The van der Waals surface area contributed by atoms with Crippen LogP contribution in [0.25, 0.3) is 33.9 Å². The van der Waals surface area contributed by atoms with Crippen LogP contribution in [0.2, 0.25) is 0 Å². The van der Waals surface area contributed by atoms with Gasteiger partial charge in [0.25, 0.3) is 5.89 Å². The summed E-state index contributed by atoms with van der Waals surface area (Å²) in [5.74, 6) is 1.03. The van der Waals surface area contributed by atoms with Crippen LogP contribution in [-0.4, -0.2) is 24.7 Å². The Balaban J connectivity index is 1.77. The summed E-state index contributed by atoms with van der Waals surface area (Å²) < 4.78 is 7.28. The van der Waals surface area contributed by atoms with Gasteiger partial charge in [-0.05, 0) is 30.3 Å². The zero-order valence-electron chi connectivity index (χ0n) is 11.3. The van der Waals surface area contributed by atoms with Crippen LogP contribution in [0.5, 0.6) is 0 Å². The van der Waals surface area contributed by atoms with Crippen molar-refractivity contribution in [3.8, 4) is 22.8 Å². The number of hydrogen-bond acceptors (Lipinski definition) is 5. The Bertz CT molecular complexity index is 910. The van der Waals surface area contributed by atoms with Crippen LogP contribution in [0.1, 0.15) is 0 Å². The quantitative estimate of drug-likeness (QED) is 0.563. The van der Waals surface area contributed by atoms with Gasteiger partial charge in [0.2, 0.25) is 5.82 Å². The van der Waals surface area contributed by atoms with E-state index in [1.54, 1.807) is 18.7 Å². The van der Waals surface area contributed by atoms with E-state index in [2.05, 4.69) is 20.1 Å². The molecule has 0 aliphatic rings. The van der Waals surface area contributed by atoms with Crippen LogP contribution in [0.4, 0.5) is 0 Å². The Kier molecular flexibility index (Phi) is 2.53. The lowest BCUT2D eigenvalue weighted by Gasteiger charge is -1.96. The van der Waals surface area contributed by atoms with Crippen LogP contribution < -0.4 is 0 Å². The van der Waals surface area contributed by atoms with Crippen molar-refractivity contribution in [3.05, 3.63) is 49.1 Å². The van der Waals surface area contributed by atoms with Gasteiger partial charge < -0.3 is 9.09 Å². The first-order chi connectivity index (χ1) is 10.3. The zero-order chi connectivity index (χ0) is 14.2. The van der Waals surface area contributed by atoms with Crippen molar-refractivity contribution in [2.45, 2.75) is 0 Å². The molecule has 0 N–H and O–H groups in total. The first-order valence-corrected chi connectivity index (χ1v) is 6.47. The lowest BCUT2D eigenvalue weighted by Crippen LogP contribution is -1.85. The third-order valence-electron chi connectivity index (χ3n) is 3.34. The lowest BCUT2D eigenvalue weighted by atomic mass is 10.2. The van der Waals surface area contributed by atoms with Gasteiger partial charge in [0.15, 0.2) is 0 Å². The monoisotopic (exact) mass is 277 g/mol. The molecule has 0 saturated heterocycles. The number of imidazole rings is 1. The Morgan fingerprint density at radius 3 is 2.76 bits per heavy atom. The van der Waals surface area contributed by atoms with Crippen LogP contribution in [0.15, 0.2) is 53.6 Å². The van der Waals surface area contributed by atoms with E-state index in [0.717, 1.165) is 22.2 Å². The molecular formula is C15H11N5O. The lowest BCUT2D eigenvalue weighted by molar-refractivity contribution is 0.432. The molecule has 0 aliphatic carbocycles. The molecule has 6 nitrogen and oxygen atoms in total. The fourth-order valence-electron chi connectivity index (χ4n) is 2.23. The molecule has 4 rings (SSSR count). The molecule has 6 heteroatoms. The average Bonchev–Trinajstić information content (AvgIpc) is 3.15. The molecule has 102 valence electrons. The largest absolute Gasteiger partial charge is 0.334 e. The maximum absolute atomic E-state index is 5.31. The maximum Gasteiger partial charge on any atom is 0.258 e. The first kappa shape index (κ1) is 11.8. The minimum atomic E-state index is 0.480. The Morgan fingerprint density at radius 1 is 1.05 bits per heavy atom. The van der Waals surface area contributed by atoms with E-state index >= 15 is 0 Å². The molecule has 0 aliphatic heterocycles. The van der Waals surface area contributed by atoms with Gasteiger partial charge in [-0.25, -0.2) is 4.98 Å². The fourth-order valence-corrected chi connectivity index (χ4v) is 2.23. The fraction of sp³-hybridized carbons (Fsp3) is 0.0667. The van der Waals surface area contributed by atoms with E-state index in [4.69, 9.17) is 4.52 Å². The molecule has 0 saturated carbocycles. The number of rotatable bonds is 2. The minimum Gasteiger partial charge on any atom is -0.334 e. The molecule has 3 heterocycles. The van der Waals surface area contributed by atoms with Crippen molar-refractivity contribution < 1.29 is 4.52 Å². The smallest absolute Gasteiger partial charge is 0.258 e. The second-order valence-electron chi connectivity index (χ2n) is 4.72. The highest BCUT2D eigenvalue weighted by Gasteiger charge is 2.11. The van der Waals surface area contributed by atoms with Crippen molar-refractivity contribution in [1.29, 1.82) is 0 Å². The molecule has 21 heavy (non-hydrogen) atoms. The van der Waals surface area contributed by atoms with Crippen LogP contribution in [-0.2, 0) is 7.05 Å². The molecule has 0 bridgehead atoms. The normalized spacial score (nSPS) is 11.1. The van der Waals surface area contributed by atoms with Crippen molar-refractivity contribution in [1.82, 2.24) is 24.7 Å². The van der Waals surface area contributed by atoms with Crippen molar-refractivity contribution >= 4 is 11.0 Å². The first-order valence-electron chi connectivity index (χ1n) is 6.47. The molecule has 0 amide bonds. The number of nitrogens with zero attached hydrogens (tertiary/aromatic N) is 5. The summed E-state index contributed by atoms with van der Waals surface area (Å²) in [6, 6.07) is 9.58. The number of benzene rings is 1. The molecule has 0 fully saturated rings. The average molecular weight is 277 g/mol. The van der Waals surface area contributed by atoms with E-state index in [1.807, 2.05) is 41.9 Å². The molecule has 0 radical (unpaired) electrons. The molecule has 1 aromatic carbocycles. The highest BCUT2D eigenvalue weighted by molar-refractivity contribution is 5.80. The highest BCUT2D eigenvalue weighted by Crippen LogP contribution is 2.24. The Labute approximate surface area is 120 Å². The molecule has 0 spiro atoms. The predicted octanol–water partition coefficient (Wildman–Crippen LogP) is 2.69. The number of aromatic nitrogens is 5. The standard InChI is InChI=1S/C15H11N5O/c1-20-9-17-12-8-11(2-3-13(12)20)14-18-15(21-19-14)10-4-6-16-7-5-10/h2-9H,1H3. The van der Waals surface area contributed by atoms with Crippen molar-refractivity contribution in [2.75, 3.05) is 0 Å². The summed E-state index contributed by atoms with van der Waals surface area (Å²) in [6.45, 7) is 0. The van der Waals surface area contributed by atoms with E-state index in [9.17, 15) is 0 Å². The van der Waals surface area contributed by atoms with Crippen LogP contribution >= 0.6 is 0 Å². The predicted molar refractivity (Wildman–Crippen MR) is 77.2 cm³/mol. The minimum absolute atomic E-state index is 0.480. The molecular weight excluding hydrogens is 266 g/mol. The van der Waals surface area contributed by atoms with Crippen LogP contribution in [0, 0.1) is 0 Å². The summed E-state index contributed by atoms with van der Waals surface area (Å²) in [7, 11) is 1.96. The summed E-state index contributed by atoms with van der Waals surface area (Å²) in [5, 5.41) is 4.04. The summed E-state index contributed by atoms with van der Waals surface area (Å²) in [4.78, 5) is 12.7. The van der Waals surface area contributed by atoms with E-state index in [-0.39, 0.29) is 0 Å². The Hall–Kier alpha value is -3.02. The molecule has 3 aromatic heterocycles. The van der Waals surface area contributed by atoms with Crippen molar-refractivity contribution in [3.63, 3.8) is 0 Å². The second-order valence-corrected chi connectivity index (χ2v) is 4.72. The number of fused-ring (bicyclic) bond motifs is 1. The van der Waals surface area contributed by atoms with E-state index in [0.29, 0.717) is 11.7 Å². The zero-order valence-corrected chi connectivity index (χ0v) is 11.3. The van der Waals surface area contributed by atoms with E-state index in [1.165, 1.54) is 0 Å². The van der Waals surface area contributed by atoms with Gasteiger partial charge in [0, 0.05) is 30.6 Å². The number of aryl methyl sites for hydroxylation is 1. The van der Waals surface area contributed by atoms with Gasteiger partial charge >= 0.3 is 0 Å². The van der Waals surface area contributed by atoms with Gasteiger partial charge in [-0.15, -0.1) is 0 Å². The topological polar surface area (TPSA) is 69.6 Å². The van der Waals surface area contributed by atoms with Gasteiger partial charge in [-0.3, -0.25) is 4.98 Å². The number of pyridine rings is 1. The van der Waals surface area contributed by atoms with E-state index < -0.39 is 0 Å². The highest BCUT2D eigenvalue weighted by atomic mass is 16.5.